The number of non-ortho nitro benzene ring substituents is 1. The number of nitro groups is 1. The normalized spacial score (nSPS) is 10.5. The summed E-state index contributed by atoms with van der Waals surface area (Å²) in [7, 11) is 0. The average molecular weight is 502 g/mol. The highest BCUT2D eigenvalue weighted by molar-refractivity contribution is 6.11. The number of nitrogens with one attached hydrogen (secondary N) is 1. The second-order valence-electron chi connectivity index (χ2n) is 8.49. The Balaban J connectivity index is 1.66. The molecule has 0 atom stereocenters. The van der Waals surface area contributed by atoms with Gasteiger partial charge in [-0.25, -0.2) is 4.79 Å². The van der Waals surface area contributed by atoms with Crippen molar-refractivity contribution in [3.05, 3.63) is 138 Å². The number of hydrogen-bond donors (Lipinski definition) is 2. The zero-order chi connectivity index (χ0) is 26.5. The van der Waals surface area contributed by atoms with Gasteiger partial charge in [0.15, 0.2) is 0 Å². The fourth-order valence-electron chi connectivity index (χ4n) is 4.32. The number of nitro benzene ring substituents is 1. The number of nitrogens with zero attached hydrogens (tertiary/aromatic N) is 2. The summed E-state index contributed by atoms with van der Waals surface area (Å²) in [6.45, 7) is 0. The summed E-state index contributed by atoms with van der Waals surface area (Å²) in [6, 6.07) is 36.7. The van der Waals surface area contributed by atoms with E-state index < -0.39 is 11.0 Å². The Morgan fingerprint density at radius 2 is 1.24 bits per heavy atom. The lowest BCUT2D eigenvalue weighted by atomic mass is 10.0. The number of hydrogen-bond acceptors (Lipinski definition) is 4. The van der Waals surface area contributed by atoms with Crippen molar-refractivity contribution < 1.29 is 14.8 Å². The lowest BCUT2D eigenvalue weighted by molar-refractivity contribution is -0.384. The van der Waals surface area contributed by atoms with E-state index in [9.17, 15) is 20.0 Å². The number of para-hydroxylation sites is 2. The molecule has 0 aliphatic heterocycles. The number of benzene rings is 5. The Morgan fingerprint density at radius 3 is 1.89 bits per heavy atom. The van der Waals surface area contributed by atoms with Gasteiger partial charge in [0.2, 0.25) is 0 Å². The van der Waals surface area contributed by atoms with Crippen LogP contribution >= 0.6 is 0 Å². The largest absolute Gasteiger partial charge is 0.506 e. The van der Waals surface area contributed by atoms with Gasteiger partial charge in [-0.05, 0) is 29.3 Å². The van der Waals surface area contributed by atoms with E-state index in [1.54, 1.807) is 18.2 Å². The molecule has 5 aromatic carbocycles. The number of phenolic OH excluding ortho intramolecular Hbond substituents is 1. The molecule has 0 bridgehead atoms. The van der Waals surface area contributed by atoms with Crippen LogP contribution in [0.3, 0.4) is 0 Å². The highest BCUT2D eigenvalue weighted by atomic mass is 16.6. The molecule has 0 aromatic heterocycles. The molecule has 2 amide bonds. The van der Waals surface area contributed by atoms with E-state index in [2.05, 4.69) is 5.32 Å². The SMILES string of the molecule is O=C(Nc1ccccc1-c1ccccc1)N(c1cc([N+](=O)[O-])ccc1O)c1ccccc1-c1ccccc1. The number of phenols is 1. The van der Waals surface area contributed by atoms with Gasteiger partial charge in [0.1, 0.15) is 5.75 Å². The van der Waals surface area contributed by atoms with E-state index in [1.807, 2.05) is 91.0 Å². The van der Waals surface area contributed by atoms with Crippen LogP contribution in [0.1, 0.15) is 0 Å². The van der Waals surface area contributed by atoms with Crippen LogP contribution in [-0.4, -0.2) is 16.1 Å². The zero-order valence-electron chi connectivity index (χ0n) is 20.2. The van der Waals surface area contributed by atoms with Crippen molar-refractivity contribution >= 4 is 28.8 Å². The molecule has 7 nitrogen and oxygen atoms in total. The third kappa shape index (κ3) is 4.94. The molecular weight excluding hydrogens is 478 g/mol. The average Bonchev–Trinajstić information content (AvgIpc) is 2.95. The smallest absolute Gasteiger partial charge is 0.331 e. The molecule has 0 spiro atoms. The molecule has 0 saturated heterocycles. The summed E-state index contributed by atoms with van der Waals surface area (Å²) in [4.78, 5) is 26.3. The number of carbonyl (C=O) groups is 1. The van der Waals surface area contributed by atoms with E-state index in [-0.39, 0.29) is 17.1 Å². The van der Waals surface area contributed by atoms with Crippen LogP contribution in [0.2, 0.25) is 0 Å². The van der Waals surface area contributed by atoms with E-state index in [4.69, 9.17) is 0 Å². The van der Waals surface area contributed by atoms with Crippen LogP contribution < -0.4 is 10.2 Å². The van der Waals surface area contributed by atoms with Gasteiger partial charge in [0.05, 0.1) is 22.0 Å². The molecule has 0 saturated carbocycles. The maximum absolute atomic E-state index is 14.0. The van der Waals surface area contributed by atoms with Crippen LogP contribution in [-0.2, 0) is 0 Å². The van der Waals surface area contributed by atoms with Crippen molar-refractivity contribution in [1.82, 2.24) is 0 Å². The molecule has 186 valence electrons. The Kier molecular flexibility index (Phi) is 6.82. The van der Waals surface area contributed by atoms with Crippen molar-refractivity contribution in [2.75, 3.05) is 10.2 Å². The predicted octanol–water partition coefficient (Wildman–Crippen LogP) is 8.00. The zero-order valence-corrected chi connectivity index (χ0v) is 20.2. The minimum atomic E-state index is -0.590. The van der Waals surface area contributed by atoms with Gasteiger partial charge < -0.3 is 10.4 Å². The second-order valence-corrected chi connectivity index (χ2v) is 8.49. The van der Waals surface area contributed by atoms with E-state index >= 15 is 0 Å². The lowest BCUT2D eigenvalue weighted by Crippen LogP contribution is -2.31. The highest BCUT2D eigenvalue weighted by Crippen LogP contribution is 2.41. The number of aromatic hydroxyl groups is 1. The predicted molar refractivity (Wildman–Crippen MR) is 150 cm³/mol. The maximum Gasteiger partial charge on any atom is 0.331 e. The molecule has 0 aliphatic rings. The van der Waals surface area contributed by atoms with Crippen molar-refractivity contribution in [2.24, 2.45) is 0 Å². The van der Waals surface area contributed by atoms with Crippen LogP contribution in [0.4, 0.5) is 27.5 Å². The first-order valence-electron chi connectivity index (χ1n) is 11.9. The van der Waals surface area contributed by atoms with Crippen LogP contribution in [0, 0.1) is 10.1 Å². The molecule has 7 heteroatoms. The third-order valence-corrected chi connectivity index (χ3v) is 6.10. The number of amides is 2. The topological polar surface area (TPSA) is 95.7 Å². The molecule has 2 N–H and O–H groups in total. The fraction of sp³-hybridized carbons (Fsp3) is 0. The third-order valence-electron chi connectivity index (χ3n) is 6.10. The van der Waals surface area contributed by atoms with E-state index in [0.29, 0.717) is 16.9 Å². The molecule has 0 aliphatic carbocycles. The fourth-order valence-corrected chi connectivity index (χ4v) is 4.32. The number of anilines is 3. The van der Waals surface area contributed by atoms with E-state index in [0.717, 1.165) is 16.7 Å². The second kappa shape index (κ2) is 10.7. The molecular formula is C31H23N3O4. The lowest BCUT2D eigenvalue weighted by Gasteiger charge is -2.27. The van der Waals surface area contributed by atoms with Gasteiger partial charge in [-0.1, -0.05) is 97.1 Å². The van der Waals surface area contributed by atoms with Crippen LogP contribution in [0.25, 0.3) is 22.3 Å². The maximum atomic E-state index is 14.0. The van der Waals surface area contributed by atoms with Gasteiger partial charge in [0, 0.05) is 23.3 Å². The van der Waals surface area contributed by atoms with Crippen LogP contribution in [0.15, 0.2) is 127 Å². The Hall–Kier alpha value is -5.43. The Morgan fingerprint density at radius 1 is 0.684 bits per heavy atom. The molecule has 5 rings (SSSR count). The van der Waals surface area contributed by atoms with Gasteiger partial charge >= 0.3 is 6.03 Å². The summed E-state index contributed by atoms with van der Waals surface area (Å²) in [5, 5.41) is 25.4. The first-order chi connectivity index (χ1) is 18.5. The van der Waals surface area contributed by atoms with Crippen molar-refractivity contribution in [1.29, 1.82) is 0 Å². The summed E-state index contributed by atoms with van der Waals surface area (Å²) in [5.74, 6) is -0.273. The summed E-state index contributed by atoms with van der Waals surface area (Å²) in [5.41, 5.74) is 4.01. The monoisotopic (exact) mass is 501 g/mol. The molecule has 5 aromatic rings. The first-order valence-corrected chi connectivity index (χ1v) is 11.9. The number of rotatable bonds is 6. The minimum Gasteiger partial charge on any atom is -0.506 e. The Bertz CT molecular complexity index is 1600. The first kappa shape index (κ1) is 24.3. The number of urea groups is 1. The van der Waals surface area contributed by atoms with Crippen molar-refractivity contribution in [2.45, 2.75) is 0 Å². The quantitative estimate of drug-likeness (QED) is 0.182. The van der Waals surface area contributed by atoms with E-state index in [1.165, 1.54) is 23.1 Å². The van der Waals surface area contributed by atoms with Gasteiger partial charge in [0.25, 0.3) is 5.69 Å². The standard InChI is InChI=1S/C31H23N3O4/c35-30-20-19-24(34(37)38)21-29(30)33(28-18-10-8-16-26(28)23-13-5-2-6-14-23)31(36)32-27-17-9-7-15-25(27)22-11-3-1-4-12-22/h1-21,35H,(H,32,36). The van der Waals surface area contributed by atoms with Crippen molar-refractivity contribution in [3.63, 3.8) is 0 Å². The number of carbonyl (C=O) groups excluding carboxylic acids is 1. The Labute approximate surface area is 219 Å². The summed E-state index contributed by atoms with van der Waals surface area (Å²) >= 11 is 0. The molecule has 38 heavy (non-hydrogen) atoms. The van der Waals surface area contributed by atoms with Gasteiger partial charge in [-0.2, -0.15) is 0 Å². The van der Waals surface area contributed by atoms with Gasteiger partial charge in [-0.3, -0.25) is 15.0 Å². The van der Waals surface area contributed by atoms with Gasteiger partial charge in [-0.15, -0.1) is 0 Å². The van der Waals surface area contributed by atoms with Crippen LogP contribution in [0.5, 0.6) is 5.75 Å². The summed E-state index contributed by atoms with van der Waals surface area (Å²) < 4.78 is 0. The molecule has 0 fully saturated rings. The summed E-state index contributed by atoms with van der Waals surface area (Å²) in [6.07, 6.45) is 0. The minimum absolute atomic E-state index is 0.0164. The molecule has 0 unspecified atom stereocenters. The highest BCUT2D eigenvalue weighted by Gasteiger charge is 2.26. The molecule has 0 heterocycles. The molecule has 0 radical (unpaired) electrons. The van der Waals surface area contributed by atoms with Crippen molar-refractivity contribution in [3.8, 4) is 28.0 Å².